The van der Waals surface area contributed by atoms with E-state index >= 15 is 0 Å². The van der Waals surface area contributed by atoms with Crippen LogP contribution in [0.1, 0.15) is 77.0 Å². The highest BCUT2D eigenvalue weighted by Crippen LogP contribution is 2.38. The maximum absolute atomic E-state index is 10.3. The first kappa shape index (κ1) is 14.8. The van der Waals surface area contributed by atoms with Gasteiger partial charge in [-0.05, 0) is 38.5 Å². The molecule has 2 saturated carbocycles. The van der Waals surface area contributed by atoms with E-state index in [1.807, 2.05) is 0 Å². The first-order chi connectivity index (χ1) is 9.77. The molecule has 0 amide bonds. The van der Waals surface area contributed by atoms with Crippen LogP contribution < -0.4 is 5.32 Å². The molecule has 0 radical (unpaired) electrons. The predicted octanol–water partition coefficient (Wildman–Crippen LogP) is 3.15. The third-order valence-corrected chi connectivity index (χ3v) is 5.69. The summed E-state index contributed by atoms with van der Waals surface area (Å²) in [7, 11) is 0. The van der Waals surface area contributed by atoms with Crippen molar-refractivity contribution in [1.82, 2.24) is 5.32 Å². The lowest BCUT2D eigenvalue weighted by Gasteiger charge is -2.44. The van der Waals surface area contributed by atoms with Crippen molar-refractivity contribution in [2.45, 2.75) is 101 Å². The van der Waals surface area contributed by atoms with Gasteiger partial charge in [0.15, 0.2) is 0 Å². The molecule has 3 unspecified atom stereocenters. The van der Waals surface area contributed by atoms with Gasteiger partial charge in [-0.15, -0.1) is 0 Å². The second-order valence-corrected chi connectivity index (χ2v) is 7.26. The van der Waals surface area contributed by atoms with E-state index in [1.165, 1.54) is 51.4 Å². The van der Waals surface area contributed by atoms with Gasteiger partial charge in [0, 0.05) is 18.7 Å². The Morgan fingerprint density at radius 2 is 1.65 bits per heavy atom. The summed E-state index contributed by atoms with van der Waals surface area (Å²) in [6, 6.07) is 0.876. The van der Waals surface area contributed by atoms with Crippen molar-refractivity contribution >= 4 is 0 Å². The smallest absolute Gasteiger partial charge is 0.0697 e. The fourth-order valence-corrected chi connectivity index (χ4v) is 4.50. The van der Waals surface area contributed by atoms with Crippen LogP contribution in [0.15, 0.2) is 0 Å². The molecule has 1 heterocycles. The van der Waals surface area contributed by atoms with Crippen molar-refractivity contribution < 1.29 is 9.84 Å². The average Bonchev–Trinajstić information content (AvgIpc) is 2.65. The molecule has 116 valence electrons. The highest BCUT2D eigenvalue weighted by molar-refractivity contribution is 4.94. The molecule has 0 aromatic heterocycles. The van der Waals surface area contributed by atoms with Crippen LogP contribution in [0.25, 0.3) is 0 Å². The highest BCUT2D eigenvalue weighted by Gasteiger charge is 2.39. The van der Waals surface area contributed by atoms with Crippen molar-refractivity contribution in [3.05, 3.63) is 0 Å². The minimum Gasteiger partial charge on any atom is -0.392 e. The monoisotopic (exact) mass is 281 g/mol. The van der Waals surface area contributed by atoms with Crippen LogP contribution in [0, 0.1) is 0 Å². The van der Waals surface area contributed by atoms with Crippen molar-refractivity contribution in [3.63, 3.8) is 0 Å². The molecule has 0 aromatic carbocycles. The van der Waals surface area contributed by atoms with Gasteiger partial charge < -0.3 is 15.2 Å². The Balaban J connectivity index is 1.56. The topological polar surface area (TPSA) is 41.5 Å². The Kier molecular flexibility index (Phi) is 5.00. The average molecular weight is 281 g/mol. The van der Waals surface area contributed by atoms with Gasteiger partial charge >= 0.3 is 0 Å². The molecular weight excluding hydrogens is 250 g/mol. The van der Waals surface area contributed by atoms with Gasteiger partial charge in [-0.25, -0.2) is 0 Å². The Morgan fingerprint density at radius 3 is 2.50 bits per heavy atom. The Hall–Kier alpha value is -0.120. The third-order valence-electron chi connectivity index (χ3n) is 5.69. The fraction of sp³-hybridized carbons (Fsp3) is 1.00. The molecule has 3 aliphatic rings. The zero-order valence-corrected chi connectivity index (χ0v) is 12.8. The molecule has 3 nitrogen and oxygen atoms in total. The number of nitrogens with one attached hydrogen (secondary N) is 1. The molecule has 0 bridgehead atoms. The molecule has 20 heavy (non-hydrogen) atoms. The summed E-state index contributed by atoms with van der Waals surface area (Å²) in [5.41, 5.74) is 0.170. The summed E-state index contributed by atoms with van der Waals surface area (Å²) in [5.74, 6) is 0. The van der Waals surface area contributed by atoms with E-state index < -0.39 is 0 Å². The van der Waals surface area contributed by atoms with Gasteiger partial charge in [0.1, 0.15) is 0 Å². The summed E-state index contributed by atoms with van der Waals surface area (Å²) >= 11 is 0. The first-order valence-electron chi connectivity index (χ1n) is 8.86. The van der Waals surface area contributed by atoms with Crippen molar-refractivity contribution in [3.8, 4) is 0 Å². The van der Waals surface area contributed by atoms with Gasteiger partial charge in [-0.1, -0.05) is 38.5 Å². The number of aliphatic hydroxyl groups excluding tert-OH is 1. The molecule has 3 rings (SSSR count). The standard InChI is InChI=1S/C17H31NO2/c19-16-8-4-1-3-7-15(16)18-14-9-12-20-17(13-14)10-5-2-6-11-17/h14-16,18-19H,1-13H2. The number of hydrogen-bond donors (Lipinski definition) is 2. The minimum absolute atomic E-state index is 0.136. The molecule has 1 aliphatic heterocycles. The lowest BCUT2D eigenvalue weighted by Crippen LogP contribution is -2.52. The van der Waals surface area contributed by atoms with E-state index in [2.05, 4.69) is 5.32 Å². The SMILES string of the molecule is OC1CCCCCC1NC1CCOC2(CCCCC2)C1. The van der Waals surface area contributed by atoms with Gasteiger partial charge in [-0.2, -0.15) is 0 Å². The summed E-state index contributed by atoms with van der Waals surface area (Å²) in [6.45, 7) is 0.903. The van der Waals surface area contributed by atoms with Crippen molar-refractivity contribution in [1.29, 1.82) is 0 Å². The highest BCUT2D eigenvalue weighted by atomic mass is 16.5. The summed E-state index contributed by atoms with van der Waals surface area (Å²) in [6.07, 6.45) is 14.5. The van der Waals surface area contributed by atoms with E-state index in [9.17, 15) is 5.11 Å². The predicted molar refractivity (Wildman–Crippen MR) is 80.8 cm³/mol. The van der Waals surface area contributed by atoms with Gasteiger partial charge in [-0.3, -0.25) is 0 Å². The molecule has 3 atom stereocenters. The van der Waals surface area contributed by atoms with Gasteiger partial charge in [0.05, 0.1) is 11.7 Å². The van der Waals surface area contributed by atoms with E-state index in [-0.39, 0.29) is 11.7 Å². The summed E-state index contributed by atoms with van der Waals surface area (Å²) in [5, 5.41) is 14.1. The lowest BCUT2D eigenvalue weighted by molar-refractivity contribution is -0.111. The molecule has 0 aromatic rings. The molecule has 2 N–H and O–H groups in total. The molecule has 1 saturated heterocycles. The quantitative estimate of drug-likeness (QED) is 0.764. The normalized spacial score (nSPS) is 38.5. The molecule has 3 fully saturated rings. The van der Waals surface area contributed by atoms with E-state index in [1.54, 1.807) is 0 Å². The fourth-order valence-electron chi connectivity index (χ4n) is 4.50. The van der Waals surface area contributed by atoms with E-state index in [0.29, 0.717) is 12.1 Å². The maximum Gasteiger partial charge on any atom is 0.0697 e. The largest absolute Gasteiger partial charge is 0.392 e. The zero-order valence-electron chi connectivity index (χ0n) is 12.8. The van der Waals surface area contributed by atoms with Crippen LogP contribution in [0.4, 0.5) is 0 Å². The third kappa shape index (κ3) is 3.55. The Morgan fingerprint density at radius 1 is 0.900 bits per heavy atom. The number of aliphatic hydroxyl groups is 1. The molecule has 1 spiro atoms. The molecule has 3 heteroatoms. The number of hydrogen-bond acceptors (Lipinski definition) is 3. The van der Waals surface area contributed by atoms with Crippen LogP contribution in [-0.2, 0) is 4.74 Å². The zero-order chi connectivity index (χ0) is 13.8. The van der Waals surface area contributed by atoms with Crippen LogP contribution in [-0.4, -0.2) is 35.5 Å². The number of rotatable bonds is 2. The second kappa shape index (κ2) is 6.76. The second-order valence-electron chi connectivity index (χ2n) is 7.26. The van der Waals surface area contributed by atoms with Gasteiger partial charge in [0.2, 0.25) is 0 Å². The lowest BCUT2D eigenvalue weighted by atomic mass is 9.78. The van der Waals surface area contributed by atoms with Gasteiger partial charge in [0.25, 0.3) is 0 Å². The van der Waals surface area contributed by atoms with Crippen molar-refractivity contribution in [2.24, 2.45) is 0 Å². The van der Waals surface area contributed by atoms with Crippen LogP contribution in [0.5, 0.6) is 0 Å². The van der Waals surface area contributed by atoms with E-state index in [4.69, 9.17) is 4.74 Å². The van der Waals surface area contributed by atoms with E-state index in [0.717, 1.165) is 32.3 Å². The summed E-state index contributed by atoms with van der Waals surface area (Å²) < 4.78 is 6.17. The van der Waals surface area contributed by atoms with Crippen LogP contribution >= 0.6 is 0 Å². The maximum atomic E-state index is 10.3. The Labute approximate surface area is 123 Å². The Bertz CT molecular complexity index is 296. The minimum atomic E-state index is -0.136. The van der Waals surface area contributed by atoms with Crippen LogP contribution in [0.3, 0.4) is 0 Å². The molecule has 2 aliphatic carbocycles. The molecular formula is C17H31NO2. The van der Waals surface area contributed by atoms with Crippen molar-refractivity contribution in [2.75, 3.05) is 6.61 Å². The number of ether oxygens (including phenoxy) is 1. The first-order valence-corrected chi connectivity index (χ1v) is 8.86. The summed E-state index contributed by atoms with van der Waals surface area (Å²) in [4.78, 5) is 0. The van der Waals surface area contributed by atoms with Crippen LogP contribution in [0.2, 0.25) is 0 Å².